The molecular weight excluding hydrogens is 444 g/mol. The fourth-order valence-electron chi connectivity index (χ4n) is 3.55. The molecule has 34 heavy (non-hydrogen) atoms. The number of ether oxygens (including phenoxy) is 3. The molecule has 3 amide bonds. The lowest BCUT2D eigenvalue weighted by Crippen LogP contribution is -2.45. The maximum Gasteiger partial charge on any atom is 0.262 e. The van der Waals surface area contributed by atoms with Crippen molar-refractivity contribution < 1.29 is 28.6 Å². The zero-order valence-corrected chi connectivity index (χ0v) is 18.8. The second-order valence-electron chi connectivity index (χ2n) is 7.47. The van der Waals surface area contributed by atoms with Crippen LogP contribution in [0.2, 0.25) is 0 Å². The minimum Gasteiger partial charge on any atom is -0.377 e. The number of amides is 3. The lowest BCUT2D eigenvalue weighted by molar-refractivity contribution is -0.135. The summed E-state index contributed by atoms with van der Waals surface area (Å²) in [6.45, 7) is 2.88. The first-order chi connectivity index (χ1) is 16.4. The maximum absolute atomic E-state index is 13.2. The van der Waals surface area contributed by atoms with Crippen molar-refractivity contribution in [3.63, 3.8) is 0 Å². The van der Waals surface area contributed by atoms with E-state index in [4.69, 9.17) is 20.6 Å². The van der Waals surface area contributed by atoms with Gasteiger partial charge < -0.3 is 19.5 Å². The fraction of sp³-hybridized carbons (Fsp3) is 0.435. The molecule has 1 aromatic heterocycles. The molecule has 3 rings (SSSR count). The molecule has 1 atom stereocenters. The number of fused-ring (bicyclic) bond motifs is 1. The monoisotopic (exact) mass is 470 g/mol. The van der Waals surface area contributed by atoms with Gasteiger partial charge >= 0.3 is 0 Å². The number of nitrogens with one attached hydrogen (secondary N) is 2. The van der Waals surface area contributed by atoms with Crippen LogP contribution in [0.25, 0.3) is 10.9 Å². The van der Waals surface area contributed by atoms with E-state index in [1.54, 1.807) is 25.1 Å². The summed E-state index contributed by atoms with van der Waals surface area (Å²) in [5.41, 5.74) is 0.230. The molecule has 1 aliphatic heterocycles. The van der Waals surface area contributed by atoms with Crippen LogP contribution in [0.3, 0.4) is 0 Å². The number of hydrogen-bond donors (Lipinski definition) is 2. The second-order valence-corrected chi connectivity index (χ2v) is 7.47. The number of piperidine rings is 1. The fourth-order valence-corrected chi connectivity index (χ4v) is 3.55. The van der Waals surface area contributed by atoms with Gasteiger partial charge in [0.25, 0.3) is 5.56 Å². The average molecular weight is 470 g/mol. The largest absolute Gasteiger partial charge is 0.377 e. The summed E-state index contributed by atoms with van der Waals surface area (Å²) in [6, 6.07) is 3.99. The highest BCUT2D eigenvalue weighted by Crippen LogP contribution is 2.23. The van der Waals surface area contributed by atoms with Crippen LogP contribution < -0.4 is 16.2 Å². The number of rotatable bonds is 11. The number of aryl methyl sites for hydroxylation is 1. The zero-order chi connectivity index (χ0) is 24.5. The van der Waals surface area contributed by atoms with Crippen LogP contribution >= 0.6 is 0 Å². The van der Waals surface area contributed by atoms with Crippen molar-refractivity contribution in [3.8, 4) is 12.3 Å². The normalized spacial score (nSPS) is 15.7. The summed E-state index contributed by atoms with van der Waals surface area (Å²) in [7, 11) is 0. The van der Waals surface area contributed by atoms with Gasteiger partial charge in [-0.25, -0.2) is 4.98 Å². The van der Waals surface area contributed by atoms with Crippen LogP contribution in [0, 0.1) is 19.3 Å². The van der Waals surface area contributed by atoms with Crippen molar-refractivity contribution in [2.45, 2.75) is 25.8 Å². The summed E-state index contributed by atoms with van der Waals surface area (Å²) < 4.78 is 17.0. The van der Waals surface area contributed by atoms with Gasteiger partial charge in [-0.15, -0.1) is 6.42 Å². The molecule has 11 heteroatoms. The molecule has 2 aromatic rings. The van der Waals surface area contributed by atoms with E-state index in [-0.39, 0.29) is 44.0 Å². The number of carbonyl (C=O) groups is 3. The van der Waals surface area contributed by atoms with Crippen LogP contribution in [0.1, 0.15) is 24.7 Å². The predicted molar refractivity (Wildman–Crippen MR) is 122 cm³/mol. The standard InChI is InChI=1S/C23H26N4O7/c1-3-9-32-10-11-33-12-13-34-14-20(29)25-17-6-4-5-16-21(17)24-15(2)27(23(16)31)18-7-8-19(28)26-22(18)30/h1,4-6,18H,7-14H2,2H3,(H,25,29)(H,26,28,30). The Kier molecular flexibility index (Phi) is 8.86. The third kappa shape index (κ3) is 6.26. The van der Waals surface area contributed by atoms with Gasteiger partial charge in [0.05, 0.1) is 37.5 Å². The Morgan fingerprint density at radius 1 is 1.21 bits per heavy atom. The van der Waals surface area contributed by atoms with Crippen LogP contribution in [-0.4, -0.2) is 66.9 Å². The first kappa shape index (κ1) is 25.0. The van der Waals surface area contributed by atoms with E-state index < -0.39 is 23.4 Å². The smallest absolute Gasteiger partial charge is 0.262 e. The number of imide groups is 1. The summed E-state index contributed by atoms with van der Waals surface area (Å²) in [6.07, 6.45) is 5.42. The molecule has 1 aromatic carbocycles. The minimum atomic E-state index is -0.820. The van der Waals surface area contributed by atoms with Crippen LogP contribution in [0.15, 0.2) is 23.0 Å². The molecule has 0 bridgehead atoms. The summed E-state index contributed by atoms with van der Waals surface area (Å²) in [5.74, 6) is 1.33. The van der Waals surface area contributed by atoms with E-state index in [0.29, 0.717) is 36.8 Å². The Morgan fingerprint density at radius 2 is 1.94 bits per heavy atom. The number of carbonyl (C=O) groups excluding carboxylic acids is 3. The summed E-state index contributed by atoms with van der Waals surface area (Å²) >= 11 is 0. The first-order valence-corrected chi connectivity index (χ1v) is 10.7. The summed E-state index contributed by atoms with van der Waals surface area (Å²) in [5, 5.41) is 5.20. The van der Waals surface area contributed by atoms with E-state index in [0.717, 1.165) is 0 Å². The van der Waals surface area contributed by atoms with Crippen LogP contribution in [-0.2, 0) is 28.6 Å². The van der Waals surface area contributed by atoms with Crippen molar-refractivity contribution in [3.05, 3.63) is 34.4 Å². The van der Waals surface area contributed by atoms with Gasteiger partial charge in [0.2, 0.25) is 17.7 Å². The Morgan fingerprint density at radius 3 is 2.68 bits per heavy atom. The molecule has 1 saturated heterocycles. The lowest BCUT2D eigenvalue weighted by Gasteiger charge is -2.24. The van der Waals surface area contributed by atoms with E-state index in [1.807, 2.05) is 0 Å². The molecule has 11 nitrogen and oxygen atoms in total. The number of aromatic nitrogens is 2. The highest BCUT2D eigenvalue weighted by atomic mass is 16.5. The molecule has 2 heterocycles. The van der Waals surface area contributed by atoms with E-state index >= 15 is 0 Å². The number of nitrogens with zero attached hydrogens (tertiary/aromatic N) is 2. The zero-order valence-electron chi connectivity index (χ0n) is 18.8. The second kappa shape index (κ2) is 12.0. The lowest BCUT2D eigenvalue weighted by atomic mass is 10.1. The molecule has 0 aliphatic carbocycles. The Balaban J connectivity index is 1.62. The molecule has 1 aliphatic rings. The predicted octanol–water partition coefficient (Wildman–Crippen LogP) is 0.304. The van der Waals surface area contributed by atoms with Crippen molar-refractivity contribution in [1.82, 2.24) is 14.9 Å². The number of anilines is 1. The van der Waals surface area contributed by atoms with Crippen molar-refractivity contribution >= 4 is 34.3 Å². The average Bonchev–Trinajstić information content (AvgIpc) is 2.80. The van der Waals surface area contributed by atoms with Gasteiger partial charge in [0.15, 0.2) is 0 Å². The minimum absolute atomic E-state index is 0.140. The highest BCUT2D eigenvalue weighted by Gasteiger charge is 2.30. The topological polar surface area (TPSA) is 138 Å². The van der Waals surface area contributed by atoms with Gasteiger partial charge in [-0.2, -0.15) is 0 Å². The van der Waals surface area contributed by atoms with E-state index in [2.05, 4.69) is 21.5 Å². The molecule has 1 unspecified atom stereocenters. The molecular formula is C23H26N4O7. The van der Waals surface area contributed by atoms with Gasteiger partial charge in [-0.05, 0) is 25.5 Å². The first-order valence-electron chi connectivity index (χ1n) is 10.7. The van der Waals surface area contributed by atoms with Gasteiger partial charge in [-0.1, -0.05) is 12.0 Å². The van der Waals surface area contributed by atoms with Gasteiger partial charge in [0, 0.05) is 6.42 Å². The van der Waals surface area contributed by atoms with Gasteiger partial charge in [-0.3, -0.25) is 29.1 Å². The molecule has 0 spiro atoms. The number of para-hydroxylation sites is 1. The van der Waals surface area contributed by atoms with E-state index in [1.165, 1.54) is 4.57 Å². The third-order valence-corrected chi connectivity index (χ3v) is 5.07. The molecule has 180 valence electrons. The SMILES string of the molecule is C#CCOCCOCCOCC(=O)Nc1cccc2c(=O)n(C3CCC(=O)NC3=O)c(C)nc12. The maximum atomic E-state index is 13.2. The van der Waals surface area contributed by atoms with Crippen LogP contribution in [0.4, 0.5) is 5.69 Å². The molecule has 0 saturated carbocycles. The molecule has 1 fully saturated rings. The quantitative estimate of drug-likeness (QED) is 0.272. The number of hydrogen-bond acceptors (Lipinski definition) is 8. The van der Waals surface area contributed by atoms with Gasteiger partial charge in [0.1, 0.15) is 30.6 Å². The number of benzene rings is 1. The van der Waals surface area contributed by atoms with Crippen molar-refractivity contribution in [2.75, 3.05) is 45.0 Å². The summed E-state index contributed by atoms with van der Waals surface area (Å²) in [4.78, 5) is 53.7. The Labute approximate surface area is 195 Å². The third-order valence-electron chi connectivity index (χ3n) is 5.07. The van der Waals surface area contributed by atoms with Crippen molar-refractivity contribution in [1.29, 1.82) is 0 Å². The molecule has 2 N–H and O–H groups in total. The molecule has 0 radical (unpaired) electrons. The van der Waals surface area contributed by atoms with Crippen molar-refractivity contribution in [2.24, 2.45) is 0 Å². The van der Waals surface area contributed by atoms with Crippen LogP contribution in [0.5, 0.6) is 0 Å². The Hall–Kier alpha value is -3.59. The Bertz CT molecular complexity index is 1170. The highest BCUT2D eigenvalue weighted by molar-refractivity contribution is 6.01. The van der Waals surface area contributed by atoms with E-state index in [9.17, 15) is 19.2 Å². The number of terminal acetylenes is 1.